The molecule has 1 amide bonds. The molecule has 3 heterocycles. The first-order valence-corrected chi connectivity index (χ1v) is 8.91. The van der Waals surface area contributed by atoms with Gasteiger partial charge in [0.15, 0.2) is 10.9 Å². The van der Waals surface area contributed by atoms with E-state index >= 15 is 0 Å². The van der Waals surface area contributed by atoms with Crippen LogP contribution in [0.15, 0.2) is 52.4 Å². The van der Waals surface area contributed by atoms with Crippen LogP contribution in [0.5, 0.6) is 0 Å². The highest BCUT2D eigenvalue weighted by Crippen LogP contribution is 2.19. The lowest BCUT2D eigenvalue weighted by atomic mass is 10.3. The molecule has 24 heavy (non-hydrogen) atoms. The van der Waals surface area contributed by atoms with Gasteiger partial charge in [0.2, 0.25) is 0 Å². The van der Waals surface area contributed by atoms with Gasteiger partial charge in [-0.2, -0.15) is 0 Å². The molecule has 6 nitrogen and oxygen atoms in total. The minimum atomic E-state index is -0.162. The van der Waals surface area contributed by atoms with Gasteiger partial charge in [0, 0.05) is 19.3 Å². The second kappa shape index (κ2) is 8.03. The molecule has 7 heteroatoms. The molecule has 0 aromatic carbocycles. The van der Waals surface area contributed by atoms with Crippen LogP contribution in [0.1, 0.15) is 22.7 Å². The molecule has 0 bridgehead atoms. The number of imidazole rings is 1. The van der Waals surface area contributed by atoms with E-state index in [1.807, 2.05) is 47.2 Å². The Kier molecular flexibility index (Phi) is 5.55. The van der Waals surface area contributed by atoms with Crippen molar-refractivity contribution in [2.75, 3.05) is 19.4 Å². The Morgan fingerprint density at radius 3 is 3.08 bits per heavy atom. The van der Waals surface area contributed by atoms with Gasteiger partial charge in [-0.25, -0.2) is 4.98 Å². The van der Waals surface area contributed by atoms with Gasteiger partial charge in [-0.3, -0.25) is 9.20 Å². The average Bonchev–Trinajstić information content (AvgIpc) is 3.25. The van der Waals surface area contributed by atoms with Gasteiger partial charge >= 0.3 is 0 Å². The number of pyridine rings is 1. The third kappa shape index (κ3) is 3.80. The number of carbonyl (C=O) groups excluding carboxylic acids is 1. The summed E-state index contributed by atoms with van der Waals surface area (Å²) >= 11 is 1.51. The quantitative estimate of drug-likeness (QED) is 0.502. The smallest absolute Gasteiger partial charge is 0.272 e. The molecule has 3 aromatic heterocycles. The average molecular weight is 345 g/mol. The summed E-state index contributed by atoms with van der Waals surface area (Å²) in [5.41, 5.74) is 1.27. The molecule has 0 spiro atoms. The number of hydrogen-bond acceptors (Lipinski definition) is 5. The summed E-state index contributed by atoms with van der Waals surface area (Å²) in [4.78, 5) is 16.8. The topological polar surface area (TPSA) is 68.8 Å². The maximum absolute atomic E-state index is 12.4. The van der Waals surface area contributed by atoms with Crippen LogP contribution < -0.4 is 5.32 Å². The molecule has 0 atom stereocenters. The van der Waals surface area contributed by atoms with Crippen LogP contribution in [-0.2, 0) is 11.3 Å². The van der Waals surface area contributed by atoms with Crippen LogP contribution in [0.25, 0.3) is 5.52 Å². The van der Waals surface area contributed by atoms with E-state index in [4.69, 9.17) is 9.15 Å². The molecular weight excluding hydrogens is 326 g/mol. The zero-order chi connectivity index (χ0) is 16.8. The summed E-state index contributed by atoms with van der Waals surface area (Å²) in [5, 5.41) is 3.70. The molecule has 0 fully saturated rings. The Hall–Kier alpha value is -2.25. The van der Waals surface area contributed by atoms with Crippen LogP contribution >= 0.6 is 11.8 Å². The van der Waals surface area contributed by atoms with Crippen LogP contribution in [0.3, 0.4) is 0 Å². The van der Waals surface area contributed by atoms with Crippen molar-refractivity contribution in [3.63, 3.8) is 0 Å². The van der Waals surface area contributed by atoms with E-state index in [-0.39, 0.29) is 5.91 Å². The minimum Gasteiger partial charge on any atom is -0.467 e. The van der Waals surface area contributed by atoms with Crippen LogP contribution in [0, 0.1) is 0 Å². The molecule has 3 aromatic rings. The SMILES string of the molecule is CSc1nc(C(=O)NCCCOCc2ccco2)c2ccccn12. The predicted octanol–water partition coefficient (Wildman–Crippen LogP) is 2.99. The van der Waals surface area contributed by atoms with E-state index in [0.29, 0.717) is 25.5 Å². The van der Waals surface area contributed by atoms with E-state index in [2.05, 4.69) is 10.3 Å². The van der Waals surface area contributed by atoms with E-state index in [9.17, 15) is 4.79 Å². The lowest BCUT2D eigenvalue weighted by molar-refractivity contribution is 0.0914. The Bertz CT molecular complexity index is 799. The van der Waals surface area contributed by atoms with Crippen LogP contribution in [0.4, 0.5) is 0 Å². The molecule has 0 unspecified atom stereocenters. The largest absolute Gasteiger partial charge is 0.467 e. The van der Waals surface area contributed by atoms with Crippen molar-refractivity contribution in [2.45, 2.75) is 18.2 Å². The highest BCUT2D eigenvalue weighted by atomic mass is 32.2. The summed E-state index contributed by atoms with van der Waals surface area (Å²) in [6.45, 7) is 1.54. The fraction of sp³-hybridized carbons (Fsp3) is 0.294. The molecule has 0 saturated carbocycles. The molecular formula is C17H19N3O3S. The molecule has 0 aliphatic rings. The Labute approximate surface area is 144 Å². The zero-order valence-electron chi connectivity index (χ0n) is 13.4. The first-order chi connectivity index (χ1) is 11.8. The van der Waals surface area contributed by atoms with Crippen molar-refractivity contribution < 1.29 is 13.9 Å². The lowest BCUT2D eigenvalue weighted by Crippen LogP contribution is -2.25. The normalized spacial score (nSPS) is 11.0. The number of ether oxygens (including phenoxy) is 1. The van der Waals surface area contributed by atoms with Gasteiger partial charge in [-0.1, -0.05) is 17.8 Å². The van der Waals surface area contributed by atoms with Crippen molar-refractivity contribution >= 4 is 23.2 Å². The molecule has 126 valence electrons. The van der Waals surface area contributed by atoms with Crippen molar-refractivity contribution in [3.05, 3.63) is 54.2 Å². The first kappa shape index (κ1) is 16.6. The number of hydrogen-bond donors (Lipinski definition) is 1. The number of amides is 1. The fourth-order valence-corrected chi connectivity index (χ4v) is 2.89. The molecule has 0 aliphatic carbocycles. The predicted molar refractivity (Wildman–Crippen MR) is 92.3 cm³/mol. The number of rotatable bonds is 8. The number of carbonyl (C=O) groups is 1. The Morgan fingerprint density at radius 2 is 2.29 bits per heavy atom. The van der Waals surface area contributed by atoms with Gasteiger partial charge < -0.3 is 14.5 Å². The van der Waals surface area contributed by atoms with Crippen molar-refractivity contribution in [3.8, 4) is 0 Å². The van der Waals surface area contributed by atoms with E-state index in [1.54, 1.807) is 6.26 Å². The summed E-state index contributed by atoms with van der Waals surface area (Å²) < 4.78 is 12.6. The molecule has 0 saturated heterocycles. The summed E-state index contributed by atoms with van der Waals surface area (Å²) in [6, 6.07) is 9.42. The van der Waals surface area contributed by atoms with Crippen molar-refractivity contribution in [1.82, 2.24) is 14.7 Å². The maximum atomic E-state index is 12.4. The van der Waals surface area contributed by atoms with Crippen molar-refractivity contribution in [2.24, 2.45) is 0 Å². The molecule has 3 rings (SSSR count). The maximum Gasteiger partial charge on any atom is 0.272 e. The van der Waals surface area contributed by atoms with E-state index in [0.717, 1.165) is 22.9 Å². The van der Waals surface area contributed by atoms with Gasteiger partial charge in [0.25, 0.3) is 5.91 Å². The second-order valence-corrected chi connectivity index (χ2v) is 5.92. The van der Waals surface area contributed by atoms with Crippen LogP contribution in [-0.4, -0.2) is 34.7 Å². The third-order valence-electron chi connectivity index (χ3n) is 3.49. The van der Waals surface area contributed by atoms with Crippen molar-refractivity contribution in [1.29, 1.82) is 0 Å². The van der Waals surface area contributed by atoms with E-state index < -0.39 is 0 Å². The number of nitrogens with zero attached hydrogens (tertiary/aromatic N) is 2. The van der Waals surface area contributed by atoms with Gasteiger partial charge in [0.05, 0.1) is 11.8 Å². The Morgan fingerprint density at radius 1 is 1.38 bits per heavy atom. The second-order valence-electron chi connectivity index (χ2n) is 5.14. The standard InChI is InChI=1S/C17H19N3O3S/c1-24-17-19-15(14-7-2-3-9-20(14)17)16(21)18-8-5-10-22-12-13-6-4-11-23-13/h2-4,6-7,9,11H,5,8,10,12H2,1H3,(H,18,21). The fourth-order valence-electron chi connectivity index (χ4n) is 2.35. The summed E-state index contributed by atoms with van der Waals surface area (Å²) in [6.07, 6.45) is 6.21. The number of furan rings is 1. The number of nitrogens with one attached hydrogen (secondary N) is 1. The highest BCUT2D eigenvalue weighted by molar-refractivity contribution is 7.98. The molecule has 1 N–H and O–H groups in total. The van der Waals surface area contributed by atoms with Gasteiger partial charge in [-0.05, 0) is 36.9 Å². The molecule has 0 radical (unpaired) electrons. The number of thioether (sulfide) groups is 1. The third-order valence-corrected chi connectivity index (χ3v) is 4.14. The van der Waals surface area contributed by atoms with Gasteiger partial charge in [-0.15, -0.1) is 0 Å². The lowest BCUT2D eigenvalue weighted by Gasteiger charge is -2.04. The molecule has 0 aliphatic heterocycles. The summed E-state index contributed by atoms with van der Waals surface area (Å²) in [7, 11) is 0. The van der Waals surface area contributed by atoms with Crippen LogP contribution in [0.2, 0.25) is 0 Å². The number of aromatic nitrogens is 2. The van der Waals surface area contributed by atoms with E-state index in [1.165, 1.54) is 11.8 Å². The zero-order valence-corrected chi connectivity index (χ0v) is 14.2. The monoisotopic (exact) mass is 345 g/mol. The first-order valence-electron chi connectivity index (χ1n) is 7.69. The highest BCUT2D eigenvalue weighted by Gasteiger charge is 2.16. The summed E-state index contributed by atoms with van der Waals surface area (Å²) in [5.74, 6) is 0.637. The Balaban J connectivity index is 1.48. The van der Waals surface area contributed by atoms with Gasteiger partial charge in [0.1, 0.15) is 12.4 Å². The number of fused-ring (bicyclic) bond motifs is 1. The minimum absolute atomic E-state index is 0.162.